The first kappa shape index (κ1) is 23.5. The summed E-state index contributed by atoms with van der Waals surface area (Å²) >= 11 is 0. The number of rotatable bonds is 13. The molecular weight excluding hydrogens is 390 g/mol. The Kier molecular flexibility index (Phi) is 9.22. The largest absolute Gasteiger partial charge is 0.388 e. The average molecular weight is 424 g/mol. The van der Waals surface area contributed by atoms with Crippen molar-refractivity contribution in [2.24, 2.45) is 7.05 Å². The minimum atomic E-state index is -3.48. The van der Waals surface area contributed by atoms with Gasteiger partial charge in [-0.15, -0.1) is 0 Å². The van der Waals surface area contributed by atoms with E-state index in [-0.39, 0.29) is 12.4 Å². The molecule has 1 aromatic carbocycles. The molecule has 0 saturated heterocycles. The molecule has 2 rings (SSSR count). The molecule has 0 amide bonds. The van der Waals surface area contributed by atoms with Crippen molar-refractivity contribution >= 4 is 10.0 Å². The monoisotopic (exact) mass is 423 g/mol. The average Bonchev–Trinajstić information content (AvgIpc) is 3.10. The molecule has 0 aliphatic heterocycles. The minimum absolute atomic E-state index is 0.0605. The van der Waals surface area contributed by atoms with Crippen molar-refractivity contribution in [3.8, 4) is 0 Å². The molecule has 0 aliphatic rings. The zero-order chi connectivity index (χ0) is 21.3. The molecule has 162 valence electrons. The lowest BCUT2D eigenvalue weighted by molar-refractivity contribution is 0.265. The van der Waals surface area contributed by atoms with Gasteiger partial charge < -0.3 is 10.0 Å². The maximum absolute atomic E-state index is 12.7. The van der Waals surface area contributed by atoms with E-state index in [9.17, 15) is 13.5 Å². The molecular formula is C20H33N5O3S. The summed E-state index contributed by atoms with van der Waals surface area (Å²) in [7, 11) is -1.79. The van der Waals surface area contributed by atoms with Crippen molar-refractivity contribution < 1.29 is 13.5 Å². The summed E-state index contributed by atoms with van der Waals surface area (Å²) in [5, 5.41) is 13.7. The van der Waals surface area contributed by atoms with E-state index in [0.29, 0.717) is 30.9 Å². The van der Waals surface area contributed by atoms with E-state index in [1.165, 1.54) is 4.68 Å². The van der Waals surface area contributed by atoms with E-state index in [1.807, 2.05) is 30.3 Å². The Labute approximate surface area is 174 Å². The van der Waals surface area contributed by atoms with Crippen molar-refractivity contribution in [3.63, 3.8) is 0 Å². The minimum Gasteiger partial charge on any atom is -0.388 e. The van der Waals surface area contributed by atoms with Crippen LogP contribution < -0.4 is 4.72 Å². The number of aromatic nitrogens is 3. The van der Waals surface area contributed by atoms with Crippen molar-refractivity contribution in [2.75, 3.05) is 25.4 Å². The Morgan fingerprint density at radius 2 is 1.90 bits per heavy atom. The number of nitrogens with one attached hydrogen (secondary N) is 1. The summed E-state index contributed by atoms with van der Waals surface area (Å²) in [5.74, 6) is 0.857. The van der Waals surface area contributed by atoms with Gasteiger partial charge in [0.05, 0.1) is 11.8 Å². The van der Waals surface area contributed by atoms with Crippen LogP contribution in [-0.2, 0) is 30.1 Å². The molecule has 2 N–H and O–H groups in total. The molecule has 29 heavy (non-hydrogen) atoms. The van der Waals surface area contributed by atoms with E-state index in [1.54, 1.807) is 7.05 Å². The fourth-order valence-corrected chi connectivity index (χ4v) is 4.50. The summed E-state index contributed by atoms with van der Waals surface area (Å²) in [6.07, 6.45) is 1.80. The Balaban J connectivity index is 2.09. The van der Waals surface area contributed by atoms with Gasteiger partial charge in [-0.25, -0.2) is 18.1 Å². The maximum Gasteiger partial charge on any atom is 0.212 e. The summed E-state index contributed by atoms with van der Waals surface area (Å²) in [6.45, 7) is 6.46. The van der Waals surface area contributed by atoms with Crippen LogP contribution in [0.4, 0.5) is 0 Å². The number of aliphatic hydroxyl groups excluding tert-OH is 1. The SMILES string of the molecule is CCN(CC)CCCS(=O)(=O)N[C@H](CCc1ccccc1)c1nc(CO)n(C)n1. The second-order valence-corrected chi connectivity index (χ2v) is 8.94. The van der Waals surface area contributed by atoms with Crippen LogP contribution in [0.25, 0.3) is 0 Å². The third-order valence-corrected chi connectivity index (χ3v) is 6.46. The van der Waals surface area contributed by atoms with Gasteiger partial charge in [0.2, 0.25) is 10.0 Å². The Hall–Kier alpha value is -1.81. The highest BCUT2D eigenvalue weighted by atomic mass is 32.2. The van der Waals surface area contributed by atoms with Crippen LogP contribution in [0.5, 0.6) is 0 Å². The van der Waals surface area contributed by atoms with Crippen LogP contribution in [0.15, 0.2) is 30.3 Å². The summed E-state index contributed by atoms with van der Waals surface area (Å²) in [5.41, 5.74) is 1.12. The fourth-order valence-electron chi connectivity index (χ4n) is 3.21. The van der Waals surface area contributed by atoms with Gasteiger partial charge in [0.25, 0.3) is 0 Å². The molecule has 0 aliphatic carbocycles. The number of hydrogen-bond acceptors (Lipinski definition) is 6. The van der Waals surface area contributed by atoms with Gasteiger partial charge in [0, 0.05) is 7.05 Å². The molecule has 0 radical (unpaired) electrons. The van der Waals surface area contributed by atoms with Crippen LogP contribution in [0.3, 0.4) is 0 Å². The van der Waals surface area contributed by atoms with Crippen LogP contribution in [0, 0.1) is 0 Å². The van der Waals surface area contributed by atoms with Crippen molar-refractivity contribution in [2.45, 2.75) is 45.8 Å². The van der Waals surface area contributed by atoms with Crippen LogP contribution in [0.1, 0.15) is 49.9 Å². The number of benzene rings is 1. The standard InChI is InChI=1S/C20H33N5O3S/c1-4-25(5-2)14-9-15-29(27,28)23-18(13-12-17-10-7-6-8-11-17)20-21-19(16-26)24(3)22-20/h6-8,10-11,18,23,26H,4-5,9,12-16H2,1-3H3/t18-/m1/s1. The van der Waals surface area contributed by atoms with Crippen molar-refractivity contribution in [3.05, 3.63) is 47.5 Å². The smallest absolute Gasteiger partial charge is 0.212 e. The van der Waals surface area contributed by atoms with Gasteiger partial charge in [-0.3, -0.25) is 4.68 Å². The number of aryl methyl sites for hydroxylation is 2. The fraction of sp³-hybridized carbons (Fsp3) is 0.600. The highest BCUT2D eigenvalue weighted by Gasteiger charge is 2.24. The van der Waals surface area contributed by atoms with Gasteiger partial charge in [0.1, 0.15) is 6.61 Å². The maximum atomic E-state index is 12.7. The molecule has 2 aromatic rings. The number of hydrogen-bond donors (Lipinski definition) is 2. The van der Waals surface area contributed by atoms with Gasteiger partial charge >= 0.3 is 0 Å². The Bertz CT molecular complexity index is 835. The van der Waals surface area contributed by atoms with Crippen LogP contribution >= 0.6 is 0 Å². The van der Waals surface area contributed by atoms with Crippen LogP contribution in [-0.4, -0.2) is 58.6 Å². The van der Waals surface area contributed by atoms with Gasteiger partial charge in [-0.2, -0.15) is 5.10 Å². The molecule has 8 nitrogen and oxygen atoms in total. The molecule has 1 aromatic heterocycles. The Morgan fingerprint density at radius 1 is 1.21 bits per heavy atom. The second-order valence-electron chi connectivity index (χ2n) is 7.06. The Morgan fingerprint density at radius 3 is 2.48 bits per heavy atom. The lowest BCUT2D eigenvalue weighted by Gasteiger charge is -2.19. The summed E-state index contributed by atoms with van der Waals surface area (Å²) in [4.78, 5) is 6.53. The lowest BCUT2D eigenvalue weighted by atomic mass is 10.1. The zero-order valence-corrected chi connectivity index (χ0v) is 18.4. The highest BCUT2D eigenvalue weighted by molar-refractivity contribution is 7.89. The first-order valence-corrected chi connectivity index (χ1v) is 11.8. The molecule has 0 bridgehead atoms. The normalized spacial score (nSPS) is 13.1. The van der Waals surface area contributed by atoms with E-state index < -0.39 is 16.1 Å². The molecule has 0 spiro atoms. The molecule has 0 unspecified atom stereocenters. The van der Waals surface area contributed by atoms with Crippen molar-refractivity contribution in [1.82, 2.24) is 24.4 Å². The first-order chi connectivity index (χ1) is 13.9. The summed E-state index contributed by atoms with van der Waals surface area (Å²) in [6, 6.07) is 9.37. The summed E-state index contributed by atoms with van der Waals surface area (Å²) < 4.78 is 29.7. The van der Waals surface area contributed by atoms with Gasteiger partial charge in [-0.05, 0) is 44.5 Å². The number of aliphatic hydroxyl groups is 1. The van der Waals surface area contributed by atoms with E-state index in [2.05, 4.69) is 33.6 Å². The predicted molar refractivity (Wildman–Crippen MR) is 114 cm³/mol. The first-order valence-electron chi connectivity index (χ1n) is 10.2. The van der Waals surface area contributed by atoms with Gasteiger partial charge in [-0.1, -0.05) is 44.2 Å². The molecule has 9 heteroatoms. The lowest BCUT2D eigenvalue weighted by Crippen LogP contribution is -2.33. The second kappa shape index (κ2) is 11.4. The number of sulfonamides is 1. The third-order valence-electron chi connectivity index (χ3n) is 4.99. The molecule has 0 saturated carbocycles. The van der Waals surface area contributed by atoms with Crippen molar-refractivity contribution in [1.29, 1.82) is 0 Å². The van der Waals surface area contributed by atoms with E-state index in [0.717, 1.165) is 25.2 Å². The quantitative estimate of drug-likeness (QED) is 0.508. The van der Waals surface area contributed by atoms with E-state index in [4.69, 9.17) is 0 Å². The third kappa shape index (κ3) is 7.50. The van der Waals surface area contributed by atoms with Crippen LogP contribution in [0.2, 0.25) is 0 Å². The molecule has 1 heterocycles. The van der Waals surface area contributed by atoms with Gasteiger partial charge in [0.15, 0.2) is 11.6 Å². The topological polar surface area (TPSA) is 100 Å². The molecule has 0 fully saturated rings. The highest BCUT2D eigenvalue weighted by Crippen LogP contribution is 2.18. The predicted octanol–water partition coefficient (Wildman–Crippen LogP) is 1.63. The molecule has 1 atom stereocenters. The van der Waals surface area contributed by atoms with E-state index >= 15 is 0 Å². The number of nitrogens with zero attached hydrogens (tertiary/aromatic N) is 4. The zero-order valence-electron chi connectivity index (χ0n) is 17.6.